The van der Waals surface area contributed by atoms with Crippen LogP contribution in [-0.2, 0) is 0 Å². The van der Waals surface area contributed by atoms with Crippen molar-refractivity contribution < 1.29 is 48.0 Å². The molecule has 0 spiro atoms. The first-order valence-electron chi connectivity index (χ1n) is 1.49. The third-order valence-electron chi connectivity index (χ3n) is 0. The summed E-state index contributed by atoms with van der Waals surface area (Å²) in [5.74, 6) is 0. The van der Waals surface area contributed by atoms with Crippen molar-refractivity contribution in [2.75, 3.05) is 0 Å². The van der Waals surface area contributed by atoms with E-state index in [9.17, 15) is 0 Å². The van der Waals surface area contributed by atoms with Crippen LogP contribution in [0.3, 0.4) is 0 Å². The van der Waals surface area contributed by atoms with Gasteiger partial charge in [-0.05, 0) is 0 Å². The smallest absolute Gasteiger partial charge is 1.00 e. The van der Waals surface area contributed by atoms with Gasteiger partial charge in [0.2, 0.25) is 0 Å². The molecule has 0 aliphatic heterocycles. The first-order valence-corrected chi connectivity index (χ1v) is 2.15. The minimum atomic E-state index is 0. The zero-order valence-electron chi connectivity index (χ0n) is 3.91. The van der Waals surface area contributed by atoms with Crippen molar-refractivity contribution in [3.63, 3.8) is 0 Å². The van der Waals surface area contributed by atoms with Crippen LogP contribution in [0, 0.1) is 0 Å². The van der Waals surface area contributed by atoms with Crippen molar-refractivity contribution in [2.24, 2.45) is 0 Å². The van der Waals surface area contributed by atoms with Gasteiger partial charge in [0.25, 0.3) is 0 Å². The first-order chi connectivity index (χ1) is 1.73. The summed E-state index contributed by atoms with van der Waals surface area (Å²) in [4.78, 5) is 0. The molecule has 0 heterocycles. The number of halogens is 2. The molecule has 0 amide bonds. The van der Waals surface area contributed by atoms with Gasteiger partial charge in [0, 0.05) is 0 Å². The van der Waals surface area contributed by atoms with Crippen LogP contribution < -0.4 is 48.0 Å². The molecule has 0 rings (SSSR count). The minimum absolute atomic E-state index is 0. The summed E-state index contributed by atoms with van der Waals surface area (Å²) in [6.45, 7) is 4.26. The molecule has 0 unspecified atom stereocenters. The number of rotatable bonds is 0. The quantitative estimate of drug-likeness (QED) is 0.309. The normalized spacial score (nSPS) is 6.17. The van der Waals surface area contributed by atoms with Crippen LogP contribution in [0.15, 0.2) is 0 Å². The molecular formula is C3H7AlI2. The second-order valence-corrected chi connectivity index (χ2v) is 2.58. The van der Waals surface area contributed by atoms with Gasteiger partial charge in [-0.25, -0.2) is 0 Å². The maximum Gasteiger partial charge on any atom is -1.00 e. The van der Waals surface area contributed by atoms with E-state index in [-0.39, 0.29) is 48.0 Å². The van der Waals surface area contributed by atoms with Crippen LogP contribution in [0.5, 0.6) is 0 Å². The number of hydrogen-bond donors (Lipinski definition) is 0. The molecule has 0 aromatic carbocycles. The van der Waals surface area contributed by atoms with E-state index in [4.69, 9.17) is 0 Å². The third-order valence-corrected chi connectivity index (χ3v) is 0. The SMILES string of the molecule is C[CH](C)[Al+2].[I-].[I-]. The first kappa shape index (κ1) is 15.7. The molecule has 0 aromatic heterocycles. The van der Waals surface area contributed by atoms with Crippen LogP contribution in [0.1, 0.15) is 13.8 Å². The van der Waals surface area contributed by atoms with Crippen LogP contribution in [0.2, 0.25) is 4.78 Å². The maximum atomic E-state index is 2.66. The largest absolute Gasteiger partial charge is 1.00 e. The zero-order valence-corrected chi connectivity index (χ0v) is 9.38. The molecular weight excluding hydrogens is 317 g/mol. The Morgan fingerprint density at radius 1 is 1.17 bits per heavy atom. The number of hydrogen-bond acceptors (Lipinski definition) is 0. The van der Waals surface area contributed by atoms with Crippen molar-refractivity contribution in [1.82, 2.24) is 0 Å². The maximum absolute atomic E-state index is 2.66. The second kappa shape index (κ2) is 10.1. The summed E-state index contributed by atoms with van der Waals surface area (Å²) in [5.41, 5.74) is 0. The van der Waals surface area contributed by atoms with Gasteiger partial charge in [-0.15, -0.1) is 0 Å². The van der Waals surface area contributed by atoms with E-state index in [1.165, 1.54) is 0 Å². The predicted molar refractivity (Wildman–Crippen MR) is 20.9 cm³/mol. The van der Waals surface area contributed by atoms with Gasteiger partial charge in [0.15, 0.2) is 0 Å². The van der Waals surface area contributed by atoms with Gasteiger partial charge in [0.1, 0.15) is 0 Å². The molecule has 0 aromatic rings. The Balaban J connectivity index is -0.0000000450. The van der Waals surface area contributed by atoms with E-state index in [1.807, 2.05) is 0 Å². The van der Waals surface area contributed by atoms with Crippen molar-refractivity contribution in [1.29, 1.82) is 0 Å². The molecule has 0 N–H and O–H groups in total. The minimum Gasteiger partial charge on any atom is -1.00 e. The van der Waals surface area contributed by atoms with Gasteiger partial charge in [-0.2, -0.15) is 0 Å². The predicted octanol–water partition coefficient (Wildman–Crippen LogP) is -5.01. The Morgan fingerprint density at radius 2 is 1.17 bits per heavy atom. The molecule has 36 valence electrons. The summed E-state index contributed by atoms with van der Waals surface area (Å²) in [6, 6.07) is 0. The van der Waals surface area contributed by atoms with Crippen molar-refractivity contribution in [3.8, 4) is 0 Å². The second-order valence-electron chi connectivity index (χ2n) is 1.24. The standard InChI is InChI=1S/C3H7.Al.2HI/c1-3-2;;;/h3H,1-2H3;;2*1H/q;+2;;/p-2. The van der Waals surface area contributed by atoms with E-state index in [2.05, 4.69) is 30.1 Å². The van der Waals surface area contributed by atoms with Crippen LogP contribution in [0.25, 0.3) is 0 Å². The Kier molecular flexibility index (Phi) is 26.3. The van der Waals surface area contributed by atoms with E-state index in [0.29, 0.717) is 0 Å². The van der Waals surface area contributed by atoms with Crippen LogP contribution >= 0.6 is 0 Å². The summed E-state index contributed by atoms with van der Waals surface area (Å²) in [6.07, 6.45) is 0. The molecule has 3 heteroatoms. The summed E-state index contributed by atoms with van der Waals surface area (Å²) in [5, 5.41) is 0. The van der Waals surface area contributed by atoms with Gasteiger partial charge in [0.05, 0.1) is 0 Å². The van der Waals surface area contributed by atoms with Crippen molar-refractivity contribution in [3.05, 3.63) is 0 Å². The fourth-order valence-electron chi connectivity index (χ4n) is 0. The Morgan fingerprint density at radius 3 is 1.17 bits per heavy atom. The van der Waals surface area contributed by atoms with Crippen molar-refractivity contribution >= 4 is 16.3 Å². The average molecular weight is 324 g/mol. The fourth-order valence-corrected chi connectivity index (χ4v) is 0. The van der Waals surface area contributed by atoms with Crippen LogP contribution in [0.4, 0.5) is 0 Å². The molecule has 6 heavy (non-hydrogen) atoms. The molecule has 0 aliphatic carbocycles. The fraction of sp³-hybridized carbons (Fsp3) is 1.00. The van der Waals surface area contributed by atoms with E-state index >= 15 is 0 Å². The monoisotopic (exact) mass is 324 g/mol. The van der Waals surface area contributed by atoms with Gasteiger partial charge < -0.3 is 48.0 Å². The summed E-state index contributed by atoms with van der Waals surface area (Å²) >= 11 is 2.66. The van der Waals surface area contributed by atoms with Crippen molar-refractivity contribution in [2.45, 2.75) is 18.6 Å². The van der Waals surface area contributed by atoms with E-state index < -0.39 is 0 Å². The Hall–Kier alpha value is 1.99. The summed E-state index contributed by atoms with van der Waals surface area (Å²) in [7, 11) is 0. The summed E-state index contributed by atoms with van der Waals surface area (Å²) < 4.78 is 0.750. The van der Waals surface area contributed by atoms with Gasteiger partial charge in [-0.1, -0.05) is 0 Å². The topological polar surface area (TPSA) is 0 Å². The van der Waals surface area contributed by atoms with Gasteiger partial charge >= 0.3 is 34.9 Å². The molecule has 0 fully saturated rings. The average Bonchev–Trinajstić information content (AvgIpc) is 0.811. The molecule has 0 saturated carbocycles. The third kappa shape index (κ3) is 37.6. The Bertz CT molecular complexity index is 13.5. The van der Waals surface area contributed by atoms with Gasteiger partial charge in [-0.3, -0.25) is 0 Å². The Labute approximate surface area is 81.9 Å². The molecule has 0 radical (unpaired) electrons. The zero-order chi connectivity index (χ0) is 3.58. The molecule has 0 saturated heterocycles. The molecule has 0 nitrogen and oxygen atoms in total. The van der Waals surface area contributed by atoms with E-state index in [1.54, 1.807) is 0 Å². The van der Waals surface area contributed by atoms with E-state index in [0.717, 1.165) is 4.78 Å². The van der Waals surface area contributed by atoms with Crippen LogP contribution in [-0.4, -0.2) is 16.3 Å². The molecule has 0 atom stereocenters. The molecule has 0 bridgehead atoms. The molecule has 0 aliphatic rings.